The van der Waals surface area contributed by atoms with Crippen molar-refractivity contribution in [2.75, 3.05) is 39.0 Å². The van der Waals surface area contributed by atoms with Crippen molar-refractivity contribution in [3.8, 4) is 5.75 Å². The molecule has 1 fully saturated rings. The van der Waals surface area contributed by atoms with Gasteiger partial charge in [-0.2, -0.15) is 0 Å². The minimum absolute atomic E-state index is 0.00871. The summed E-state index contributed by atoms with van der Waals surface area (Å²) < 4.78 is 5.38. The number of benzene rings is 2. The number of para-hydroxylation sites is 1. The van der Waals surface area contributed by atoms with Gasteiger partial charge in [0.25, 0.3) is 0 Å². The van der Waals surface area contributed by atoms with Gasteiger partial charge in [-0.05, 0) is 37.3 Å². The monoisotopic (exact) mass is 417 g/mol. The second-order valence-electron chi connectivity index (χ2n) is 7.72. The average Bonchev–Trinajstić information content (AvgIpc) is 2.78. The zero-order valence-electron chi connectivity index (χ0n) is 17.9. The number of carbonyl (C=O) groups excluding carboxylic acids is 1. The maximum absolute atomic E-state index is 12.7. The molecule has 1 aromatic heterocycles. The Morgan fingerprint density at radius 3 is 2.68 bits per heavy atom. The van der Waals surface area contributed by atoms with Crippen molar-refractivity contribution in [2.24, 2.45) is 0 Å². The standard InChI is InChI=1S/C24H27N5O2/c1-17-7-9-21(31-2)18(15-17)8-10-23(30)29-13-11-28(12-14-29)16-22-26-20-6-4-3-5-19(20)24(25)27-22/h3-10,15H,11-14,16H2,1-2H3,(H2,25,26,27)/b10-8+. The maximum Gasteiger partial charge on any atom is 0.246 e. The van der Waals surface area contributed by atoms with Crippen molar-refractivity contribution in [1.82, 2.24) is 19.8 Å². The van der Waals surface area contributed by atoms with E-state index in [9.17, 15) is 4.79 Å². The highest BCUT2D eigenvalue weighted by atomic mass is 16.5. The number of nitrogens with two attached hydrogens (primary N) is 1. The zero-order valence-corrected chi connectivity index (χ0v) is 17.9. The summed E-state index contributed by atoms with van der Waals surface area (Å²) >= 11 is 0. The molecular weight excluding hydrogens is 390 g/mol. The molecule has 7 heteroatoms. The average molecular weight is 418 g/mol. The van der Waals surface area contributed by atoms with Crippen LogP contribution in [-0.2, 0) is 11.3 Å². The number of piperazine rings is 1. The minimum atomic E-state index is 0.00871. The topological polar surface area (TPSA) is 84.6 Å². The molecule has 1 aliphatic heterocycles. The molecule has 0 radical (unpaired) electrons. The summed E-state index contributed by atoms with van der Waals surface area (Å²) in [5.74, 6) is 1.98. The molecule has 0 aliphatic carbocycles. The molecule has 1 aliphatic rings. The molecule has 1 saturated heterocycles. The molecule has 3 aromatic rings. The normalized spacial score (nSPS) is 15.0. The lowest BCUT2D eigenvalue weighted by Crippen LogP contribution is -2.48. The number of anilines is 1. The van der Waals surface area contributed by atoms with Gasteiger partial charge in [0.2, 0.25) is 5.91 Å². The van der Waals surface area contributed by atoms with E-state index in [0.29, 0.717) is 31.3 Å². The Bertz CT molecular complexity index is 1120. The number of amides is 1. The smallest absolute Gasteiger partial charge is 0.246 e. The summed E-state index contributed by atoms with van der Waals surface area (Å²) in [6.45, 7) is 5.50. The fourth-order valence-electron chi connectivity index (χ4n) is 3.80. The van der Waals surface area contributed by atoms with Gasteiger partial charge < -0.3 is 15.4 Å². The van der Waals surface area contributed by atoms with Crippen LogP contribution in [0, 0.1) is 6.92 Å². The highest BCUT2D eigenvalue weighted by molar-refractivity contribution is 5.92. The van der Waals surface area contributed by atoms with Crippen molar-refractivity contribution < 1.29 is 9.53 Å². The largest absolute Gasteiger partial charge is 0.496 e. The minimum Gasteiger partial charge on any atom is -0.496 e. The second kappa shape index (κ2) is 9.14. The van der Waals surface area contributed by atoms with Gasteiger partial charge in [-0.15, -0.1) is 0 Å². The number of hydrogen-bond acceptors (Lipinski definition) is 6. The Balaban J connectivity index is 1.35. The van der Waals surface area contributed by atoms with Crippen LogP contribution in [0.1, 0.15) is 17.0 Å². The third-order valence-electron chi connectivity index (χ3n) is 5.52. The van der Waals surface area contributed by atoms with Gasteiger partial charge in [0, 0.05) is 43.2 Å². The molecule has 0 bridgehead atoms. The molecular formula is C24H27N5O2. The highest BCUT2D eigenvalue weighted by Gasteiger charge is 2.20. The van der Waals surface area contributed by atoms with E-state index < -0.39 is 0 Å². The fourth-order valence-corrected chi connectivity index (χ4v) is 3.80. The van der Waals surface area contributed by atoms with Gasteiger partial charge in [-0.3, -0.25) is 9.69 Å². The number of fused-ring (bicyclic) bond motifs is 1. The predicted octanol–water partition coefficient (Wildman–Crippen LogP) is 2.89. The number of aryl methyl sites for hydroxylation is 1. The van der Waals surface area contributed by atoms with Crippen molar-refractivity contribution >= 4 is 28.7 Å². The number of methoxy groups -OCH3 is 1. The van der Waals surface area contributed by atoms with Crippen LogP contribution in [-0.4, -0.2) is 59.0 Å². The Labute approximate surface area is 182 Å². The van der Waals surface area contributed by atoms with Crippen LogP contribution in [0.4, 0.5) is 5.82 Å². The van der Waals surface area contributed by atoms with Crippen LogP contribution in [0.15, 0.2) is 48.5 Å². The lowest BCUT2D eigenvalue weighted by molar-refractivity contribution is -0.127. The molecule has 2 N–H and O–H groups in total. The summed E-state index contributed by atoms with van der Waals surface area (Å²) in [5, 5.41) is 0.874. The van der Waals surface area contributed by atoms with E-state index in [1.807, 2.05) is 60.4 Å². The molecule has 0 unspecified atom stereocenters. The first-order valence-corrected chi connectivity index (χ1v) is 10.4. The van der Waals surface area contributed by atoms with Crippen molar-refractivity contribution in [3.05, 3.63) is 65.5 Å². The van der Waals surface area contributed by atoms with E-state index in [1.54, 1.807) is 13.2 Å². The number of nitrogens with zero attached hydrogens (tertiary/aromatic N) is 4. The van der Waals surface area contributed by atoms with E-state index >= 15 is 0 Å². The quantitative estimate of drug-likeness (QED) is 0.643. The van der Waals surface area contributed by atoms with Gasteiger partial charge in [-0.25, -0.2) is 9.97 Å². The fraction of sp³-hybridized carbons (Fsp3) is 0.292. The van der Waals surface area contributed by atoms with Crippen LogP contribution < -0.4 is 10.5 Å². The predicted molar refractivity (Wildman–Crippen MR) is 123 cm³/mol. The molecule has 0 saturated carbocycles. The third-order valence-corrected chi connectivity index (χ3v) is 5.52. The SMILES string of the molecule is COc1ccc(C)cc1/C=C/C(=O)N1CCN(Cc2nc(N)c3ccccc3n2)CC1. The van der Waals surface area contributed by atoms with Crippen LogP contribution >= 0.6 is 0 Å². The van der Waals surface area contributed by atoms with Crippen molar-refractivity contribution in [1.29, 1.82) is 0 Å². The summed E-state index contributed by atoms with van der Waals surface area (Å²) in [6.07, 6.45) is 3.45. The van der Waals surface area contributed by atoms with E-state index in [2.05, 4.69) is 14.9 Å². The van der Waals surface area contributed by atoms with E-state index in [0.717, 1.165) is 40.9 Å². The van der Waals surface area contributed by atoms with Gasteiger partial charge in [-0.1, -0.05) is 23.8 Å². The number of rotatable bonds is 5. The Morgan fingerprint density at radius 2 is 1.90 bits per heavy atom. The number of hydrogen-bond donors (Lipinski definition) is 1. The summed E-state index contributed by atoms with van der Waals surface area (Å²) in [7, 11) is 1.63. The first-order valence-electron chi connectivity index (χ1n) is 10.4. The molecule has 2 heterocycles. The molecule has 2 aromatic carbocycles. The molecule has 1 amide bonds. The summed E-state index contributed by atoms with van der Waals surface area (Å²) in [5.41, 5.74) is 8.98. The van der Waals surface area contributed by atoms with Gasteiger partial charge in [0.05, 0.1) is 19.2 Å². The first kappa shape index (κ1) is 20.8. The number of aromatic nitrogens is 2. The van der Waals surface area contributed by atoms with Gasteiger partial charge >= 0.3 is 0 Å². The van der Waals surface area contributed by atoms with E-state index in [4.69, 9.17) is 10.5 Å². The van der Waals surface area contributed by atoms with Gasteiger partial charge in [0.15, 0.2) is 0 Å². The molecule has 4 rings (SSSR count). The van der Waals surface area contributed by atoms with Crippen LogP contribution in [0.3, 0.4) is 0 Å². The lowest BCUT2D eigenvalue weighted by Gasteiger charge is -2.33. The Hall–Kier alpha value is -3.45. The molecule has 7 nitrogen and oxygen atoms in total. The van der Waals surface area contributed by atoms with Crippen molar-refractivity contribution in [2.45, 2.75) is 13.5 Å². The van der Waals surface area contributed by atoms with Crippen molar-refractivity contribution in [3.63, 3.8) is 0 Å². The van der Waals surface area contributed by atoms with E-state index in [1.165, 1.54) is 0 Å². The second-order valence-corrected chi connectivity index (χ2v) is 7.72. The summed E-state index contributed by atoms with van der Waals surface area (Å²) in [4.78, 5) is 25.9. The van der Waals surface area contributed by atoms with Crippen LogP contribution in [0.2, 0.25) is 0 Å². The van der Waals surface area contributed by atoms with Crippen LogP contribution in [0.5, 0.6) is 5.75 Å². The van der Waals surface area contributed by atoms with Gasteiger partial charge in [0.1, 0.15) is 17.4 Å². The maximum atomic E-state index is 12.7. The van der Waals surface area contributed by atoms with E-state index in [-0.39, 0.29) is 5.91 Å². The zero-order chi connectivity index (χ0) is 21.8. The molecule has 0 atom stereocenters. The summed E-state index contributed by atoms with van der Waals surface area (Å²) in [6, 6.07) is 13.7. The van der Waals surface area contributed by atoms with Crippen LogP contribution in [0.25, 0.3) is 17.0 Å². The highest BCUT2D eigenvalue weighted by Crippen LogP contribution is 2.21. The number of nitrogen functional groups attached to an aromatic ring is 1. The Kier molecular flexibility index (Phi) is 6.13. The molecule has 160 valence electrons. The Morgan fingerprint density at radius 1 is 1.13 bits per heavy atom. The molecule has 0 spiro atoms. The lowest BCUT2D eigenvalue weighted by atomic mass is 10.1. The molecule has 31 heavy (non-hydrogen) atoms. The number of ether oxygens (including phenoxy) is 1. The first-order chi connectivity index (χ1) is 15.0. The third kappa shape index (κ3) is 4.83. The number of carbonyl (C=O) groups is 1.